The van der Waals surface area contributed by atoms with E-state index < -0.39 is 7.01 Å². The van der Waals surface area contributed by atoms with Gasteiger partial charge >= 0.3 is 0 Å². The van der Waals surface area contributed by atoms with Crippen LogP contribution in [0.2, 0.25) is 0 Å². The molecule has 0 radical (unpaired) electrons. The van der Waals surface area contributed by atoms with Crippen LogP contribution >= 0.6 is 33.0 Å². The van der Waals surface area contributed by atoms with Crippen LogP contribution in [0, 0.1) is 0 Å². The summed E-state index contributed by atoms with van der Waals surface area (Å²) in [4.78, 5) is 3.79. The predicted molar refractivity (Wildman–Crippen MR) is 47.7 cm³/mol. The number of aliphatic imine (C=N–C) groups is 1. The largest absolute Gasteiger partial charge is 0.266 e. The van der Waals surface area contributed by atoms with Crippen molar-refractivity contribution in [2.75, 3.05) is 12.3 Å². The highest BCUT2D eigenvalue weighted by atomic mass is 127. The van der Waals surface area contributed by atoms with Gasteiger partial charge in [-0.15, -0.1) is 0 Å². The normalized spacial score (nSPS) is 19.9. The summed E-state index contributed by atoms with van der Waals surface area (Å²) in [5.74, 6) is 0.803. The summed E-state index contributed by atoms with van der Waals surface area (Å²) in [7, 11) is -3.02. The van der Waals surface area contributed by atoms with E-state index in [4.69, 9.17) is 0 Å². The lowest BCUT2D eigenvalue weighted by Crippen LogP contribution is -1.98. The van der Waals surface area contributed by atoms with Gasteiger partial charge in [0.2, 0.25) is 0 Å². The fourth-order valence-electron chi connectivity index (χ4n) is 0.463. The fourth-order valence-corrected chi connectivity index (χ4v) is 3.62. The average molecular weight is 277 g/mol. The minimum atomic E-state index is -3.02. The molecule has 0 saturated carbocycles. The first-order valence-corrected chi connectivity index (χ1v) is 7.24. The van der Waals surface area contributed by atoms with E-state index in [0.717, 1.165) is 5.75 Å². The lowest BCUT2D eigenvalue weighted by molar-refractivity contribution is 0.622. The molecule has 0 aromatic heterocycles. The van der Waals surface area contributed by atoms with Crippen LogP contribution in [0.25, 0.3) is 0 Å². The van der Waals surface area contributed by atoms with Crippen LogP contribution in [0.4, 0.5) is 0 Å². The third-order valence-corrected chi connectivity index (χ3v) is 5.24. The van der Waals surface area contributed by atoms with Crippen molar-refractivity contribution in [1.29, 1.82) is 0 Å². The topological polar surface area (TPSA) is 46.5 Å². The van der Waals surface area contributed by atoms with Gasteiger partial charge in [-0.2, -0.15) is 0 Å². The first-order chi connectivity index (χ1) is 4.11. The van der Waals surface area contributed by atoms with E-state index in [1.165, 1.54) is 33.0 Å². The summed E-state index contributed by atoms with van der Waals surface area (Å²) < 4.78 is 21.6. The van der Waals surface area contributed by atoms with Gasteiger partial charge in [-0.1, -0.05) is 11.8 Å². The second-order valence-electron chi connectivity index (χ2n) is 1.43. The lowest BCUT2D eigenvalue weighted by Gasteiger charge is -1.88. The monoisotopic (exact) mass is 277 g/mol. The Morgan fingerprint density at radius 2 is 2.33 bits per heavy atom. The molecule has 0 saturated heterocycles. The van der Waals surface area contributed by atoms with Crippen LogP contribution < -0.4 is 0 Å². The van der Waals surface area contributed by atoms with Gasteiger partial charge in [0.05, 0.1) is 27.8 Å². The molecule has 0 atom stereocenters. The Kier molecular flexibility index (Phi) is 2.38. The van der Waals surface area contributed by atoms with Crippen molar-refractivity contribution in [2.24, 2.45) is 4.99 Å². The zero-order valence-corrected chi connectivity index (χ0v) is 8.16. The molecule has 0 bridgehead atoms. The maximum absolute atomic E-state index is 10.7. The Hall–Kier alpha value is 0.700. The molecule has 0 spiro atoms. The number of thioether (sulfide) groups is 1. The summed E-state index contributed by atoms with van der Waals surface area (Å²) in [5, 5.41) is 0. The molecule has 0 aliphatic carbocycles. The average Bonchev–Trinajstić information content (AvgIpc) is 2.08. The SMILES string of the molecule is O=S(=O)(I)C1=NCCS1. The molecule has 9 heavy (non-hydrogen) atoms. The van der Waals surface area contributed by atoms with Gasteiger partial charge in [-0.3, -0.25) is 4.99 Å². The molecular formula is C3H4INO2S2. The fraction of sp³-hybridized carbons (Fsp3) is 0.667. The van der Waals surface area contributed by atoms with Crippen molar-refractivity contribution >= 4 is 44.4 Å². The summed E-state index contributed by atoms with van der Waals surface area (Å²) in [6.07, 6.45) is 0. The van der Waals surface area contributed by atoms with Crippen LogP contribution in [0.3, 0.4) is 0 Å². The van der Waals surface area contributed by atoms with Crippen molar-refractivity contribution in [1.82, 2.24) is 0 Å². The lowest BCUT2D eigenvalue weighted by atomic mass is 10.8. The van der Waals surface area contributed by atoms with Gasteiger partial charge in [-0.05, 0) is 0 Å². The standard InChI is InChI=1S/C3H4INO2S2/c4-9(6,7)3-5-1-2-8-3/h1-2H2. The molecule has 0 fully saturated rings. The second-order valence-corrected chi connectivity index (χ2v) is 7.52. The van der Waals surface area contributed by atoms with Gasteiger partial charge in [0.25, 0.3) is 7.01 Å². The zero-order valence-electron chi connectivity index (χ0n) is 4.37. The second kappa shape index (κ2) is 2.75. The molecule has 1 heterocycles. The summed E-state index contributed by atoms with van der Waals surface area (Å²) in [6.45, 7) is 0.641. The number of halogens is 1. The number of hydrogen-bond donors (Lipinski definition) is 0. The highest BCUT2D eigenvalue weighted by molar-refractivity contribution is 14.2. The number of rotatable bonds is 0. The molecule has 1 aliphatic heterocycles. The molecule has 0 N–H and O–H groups in total. The quantitative estimate of drug-likeness (QED) is 0.487. The maximum atomic E-state index is 10.7. The van der Waals surface area contributed by atoms with E-state index in [1.54, 1.807) is 0 Å². The third kappa shape index (κ3) is 2.08. The van der Waals surface area contributed by atoms with Crippen molar-refractivity contribution in [3.05, 3.63) is 0 Å². The van der Waals surface area contributed by atoms with E-state index in [1.807, 2.05) is 0 Å². The molecule has 6 heteroatoms. The van der Waals surface area contributed by atoms with E-state index >= 15 is 0 Å². The number of nitrogens with zero attached hydrogens (tertiary/aromatic N) is 1. The minimum Gasteiger partial charge on any atom is -0.266 e. The Morgan fingerprint density at radius 3 is 2.56 bits per heavy atom. The number of hydrogen-bond acceptors (Lipinski definition) is 4. The van der Waals surface area contributed by atoms with Gasteiger partial charge in [-0.25, -0.2) is 8.42 Å². The van der Waals surface area contributed by atoms with Crippen LogP contribution in [-0.2, 0) is 7.01 Å². The van der Waals surface area contributed by atoms with E-state index in [0.29, 0.717) is 6.54 Å². The first-order valence-electron chi connectivity index (χ1n) is 2.22. The molecule has 1 rings (SSSR count). The van der Waals surface area contributed by atoms with E-state index in [2.05, 4.69) is 4.99 Å². The van der Waals surface area contributed by atoms with Crippen molar-refractivity contribution in [2.45, 2.75) is 0 Å². The molecule has 0 aromatic carbocycles. The molecule has 52 valence electrons. The Balaban J connectivity index is 2.87. The highest BCUT2D eigenvalue weighted by Crippen LogP contribution is 2.20. The van der Waals surface area contributed by atoms with Crippen LogP contribution in [0.5, 0.6) is 0 Å². The highest BCUT2D eigenvalue weighted by Gasteiger charge is 2.18. The van der Waals surface area contributed by atoms with Crippen LogP contribution in [0.1, 0.15) is 0 Å². The zero-order chi connectivity index (χ0) is 6.91. The van der Waals surface area contributed by atoms with Gasteiger partial charge in [0.15, 0.2) is 4.38 Å². The maximum Gasteiger partial charge on any atom is 0.254 e. The Labute approximate surface area is 69.8 Å². The van der Waals surface area contributed by atoms with Gasteiger partial charge in [0, 0.05) is 5.75 Å². The predicted octanol–water partition coefficient (Wildman–Crippen LogP) is 0.854. The summed E-state index contributed by atoms with van der Waals surface area (Å²) >= 11 is 2.70. The molecule has 1 aliphatic rings. The smallest absolute Gasteiger partial charge is 0.254 e. The molecule has 3 nitrogen and oxygen atoms in total. The Morgan fingerprint density at radius 1 is 1.67 bits per heavy atom. The summed E-state index contributed by atoms with van der Waals surface area (Å²) in [6, 6.07) is 0. The van der Waals surface area contributed by atoms with E-state index in [9.17, 15) is 8.42 Å². The van der Waals surface area contributed by atoms with Gasteiger partial charge < -0.3 is 0 Å². The third-order valence-electron chi connectivity index (χ3n) is 0.766. The van der Waals surface area contributed by atoms with Crippen LogP contribution in [0.15, 0.2) is 4.99 Å². The van der Waals surface area contributed by atoms with Gasteiger partial charge in [0.1, 0.15) is 0 Å². The Bertz CT molecular complexity index is 232. The van der Waals surface area contributed by atoms with Crippen LogP contribution in [-0.4, -0.2) is 25.1 Å². The molecule has 0 unspecified atom stereocenters. The van der Waals surface area contributed by atoms with Crippen molar-refractivity contribution < 1.29 is 8.42 Å². The first kappa shape index (κ1) is 7.80. The van der Waals surface area contributed by atoms with Crippen molar-refractivity contribution in [3.63, 3.8) is 0 Å². The molecule has 0 amide bonds. The van der Waals surface area contributed by atoms with Crippen molar-refractivity contribution in [3.8, 4) is 0 Å². The summed E-state index contributed by atoms with van der Waals surface area (Å²) in [5.41, 5.74) is 0. The van der Waals surface area contributed by atoms with E-state index in [-0.39, 0.29) is 4.38 Å². The molecular weight excluding hydrogens is 273 g/mol. The molecule has 0 aromatic rings. The minimum absolute atomic E-state index is 0.281.